The zero-order valence-corrected chi connectivity index (χ0v) is 22.1. The maximum atomic E-state index is 11.9. The van der Waals surface area contributed by atoms with Crippen LogP contribution in [-0.4, -0.2) is 39.6 Å². The summed E-state index contributed by atoms with van der Waals surface area (Å²) in [5.41, 5.74) is 5.93. The number of hydrogen-bond donors (Lipinski definition) is 1. The number of carbonyl (C=O) groups excluding carboxylic acids is 1. The fourth-order valence-corrected chi connectivity index (χ4v) is 5.03. The van der Waals surface area contributed by atoms with E-state index in [2.05, 4.69) is 10.3 Å². The molecule has 39 heavy (non-hydrogen) atoms. The summed E-state index contributed by atoms with van der Waals surface area (Å²) in [5, 5.41) is 9.89. The van der Waals surface area contributed by atoms with E-state index in [1.54, 1.807) is 19.6 Å². The van der Waals surface area contributed by atoms with E-state index in [1.807, 2.05) is 94.5 Å². The van der Waals surface area contributed by atoms with E-state index in [0.717, 1.165) is 39.7 Å². The average Bonchev–Trinajstić information content (AvgIpc) is 3.64. The van der Waals surface area contributed by atoms with Gasteiger partial charge >= 0.3 is 0 Å². The van der Waals surface area contributed by atoms with Crippen LogP contribution < -0.4 is 19.6 Å². The van der Waals surface area contributed by atoms with Gasteiger partial charge in [0.25, 0.3) is 5.91 Å². The minimum Gasteiger partial charge on any atom is -0.497 e. The number of ether oxygens (including phenoxy) is 2. The fourth-order valence-electron chi connectivity index (χ4n) is 4.18. The van der Waals surface area contributed by atoms with Crippen molar-refractivity contribution in [3.05, 3.63) is 101 Å². The first-order valence-electron chi connectivity index (χ1n) is 12.2. The molecule has 0 saturated carbocycles. The van der Waals surface area contributed by atoms with Gasteiger partial charge in [-0.15, -0.1) is 11.3 Å². The lowest BCUT2D eigenvalue weighted by Crippen LogP contribution is -2.25. The molecule has 1 aliphatic heterocycles. The number of thiazole rings is 1. The molecular formula is C29H24N6O3S. The van der Waals surface area contributed by atoms with E-state index < -0.39 is 0 Å². The van der Waals surface area contributed by atoms with Crippen LogP contribution in [0.1, 0.15) is 12.5 Å². The van der Waals surface area contributed by atoms with Gasteiger partial charge in [0.05, 0.1) is 36.2 Å². The van der Waals surface area contributed by atoms with Crippen LogP contribution in [0.25, 0.3) is 16.9 Å². The van der Waals surface area contributed by atoms with Gasteiger partial charge in [0.2, 0.25) is 4.80 Å². The third kappa shape index (κ3) is 5.10. The molecule has 3 heterocycles. The van der Waals surface area contributed by atoms with Crippen molar-refractivity contribution in [2.24, 2.45) is 10.1 Å². The smallest absolute Gasteiger partial charge is 0.262 e. The second-order valence-electron chi connectivity index (χ2n) is 8.78. The Balaban J connectivity index is 1.44. The number of amides is 1. The summed E-state index contributed by atoms with van der Waals surface area (Å²) in [6.07, 6.45) is 5.42. The molecule has 5 aromatic rings. The van der Waals surface area contributed by atoms with E-state index in [9.17, 15) is 4.79 Å². The number of imidazole rings is 1. The molecule has 0 bridgehead atoms. The van der Waals surface area contributed by atoms with Crippen LogP contribution in [0, 0.1) is 0 Å². The molecule has 10 heteroatoms. The predicted octanol–water partition coefficient (Wildman–Crippen LogP) is 5.25. The van der Waals surface area contributed by atoms with E-state index >= 15 is 0 Å². The Labute approximate surface area is 228 Å². The highest BCUT2D eigenvalue weighted by atomic mass is 32.1. The normalized spacial score (nSPS) is 13.5. The molecule has 0 radical (unpaired) electrons. The van der Waals surface area contributed by atoms with Crippen LogP contribution in [0.3, 0.4) is 0 Å². The van der Waals surface area contributed by atoms with Gasteiger partial charge in [0, 0.05) is 29.0 Å². The highest BCUT2D eigenvalue weighted by molar-refractivity contribution is 7.07. The number of hydrogen-bond acceptors (Lipinski definition) is 7. The van der Waals surface area contributed by atoms with Crippen LogP contribution in [0.15, 0.2) is 101 Å². The summed E-state index contributed by atoms with van der Waals surface area (Å²) in [7, 11) is 1.64. The molecule has 1 amide bonds. The second-order valence-corrected chi connectivity index (χ2v) is 9.61. The number of rotatable bonds is 6. The standard InChI is InChI=1S/C29H24N6O3S/c1-19(20-3-8-23(9-4-20)34-14-13-30-18-34)33-35-26(21-5-12-27-25(15-21)32-28(36)16-38-27)17-39-29(35)31-22-6-10-24(37-2)11-7-22/h3-15,17-18H,16H2,1-2H3,(H,32,36). The third-order valence-electron chi connectivity index (χ3n) is 6.23. The molecule has 1 N–H and O–H groups in total. The number of nitrogens with zero attached hydrogens (tertiary/aromatic N) is 5. The van der Waals surface area contributed by atoms with Crippen LogP contribution >= 0.6 is 11.3 Å². The van der Waals surface area contributed by atoms with Crippen molar-refractivity contribution in [3.63, 3.8) is 0 Å². The van der Waals surface area contributed by atoms with Gasteiger partial charge in [-0.05, 0) is 67.1 Å². The Morgan fingerprint density at radius 3 is 2.67 bits per heavy atom. The van der Waals surface area contributed by atoms with Crippen LogP contribution in [0.4, 0.5) is 11.4 Å². The SMILES string of the molecule is COc1ccc(N=c2scc(-c3ccc4c(c3)NC(=O)CO4)n2N=C(C)c2ccc(-n3ccnc3)cc2)cc1. The summed E-state index contributed by atoms with van der Waals surface area (Å²) in [6, 6.07) is 21.4. The Kier molecular flexibility index (Phi) is 6.52. The number of aromatic nitrogens is 3. The third-order valence-corrected chi connectivity index (χ3v) is 7.04. The van der Waals surface area contributed by atoms with E-state index in [-0.39, 0.29) is 12.5 Å². The Bertz CT molecular complexity index is 1730. The van der Waals surface area contributed by atoms with Crippen molar-refractivity contribution < 1.29 is 14.3 Å². The lowest BCUT2D eigenvalue weighted by molar-refractivity contribution is -0.118. The lowest BCUT2D eigenvalue weighted by Gasteiger charge is -2.18. The molecule has 9 nitrogen and oxygen atoms in total. The lowest BCUT2D eigenvalue weighted by atomic mass is 10.1. The largest absolute Gasteiger partial charge is 0.497 e. The predicted molar refractivity (Wildman–Crippen MR) is 151 cm³/mol. The number of benzene rings is 3. The minimum absolute atomic E-state index is 0.0127. The number of fused-ring (bicyclic) bond motifs is 1. The van der Waals surface area contributed by atoms with Gasteiger partial charge in [-0.2, -0.15) is 5.10 Å². The van der Waals surface area contributed by atoms with Crippen molar-refractivity contribution >= 4 is 34.3 Å². The topological polar surface area (TPSA) is 95.0 Å². The zero-order chi connectivity index (χ0) is 26.8. The van der Waals surface area contributed by atoms with Gasteiger partial charge < -0.3 is 19.4 Å². The monoisotopic (exact) mass is 536 g/mol. The molecule has 0 saturated heterocycles. The summed E-state index contributed by atoms with van der Waals surface area (Å²) >= 11 is 1.48. The molecule has 6 rings (SSSR count). The van der Waals surface area contributed by atoms with E-state index in [0.29, 0.717) is 16.2 Å². The van der Waals surface area contributed by atoms with Crippen molar-refractivity contribution in [1.82, 2.24) is 14.2 Å². The zero-order valence-electron chi connectivity index (χ0n) is 21.2. The van der Waals surface area contributed by atoms with Crippen LogP contribution in [0.5, 0.6) is 11.5 Å². The van der Waals surface area contributed by atoms with Gasteiger partial charge in [-0.1, -0.05) is 12.1 Å². The fraction of sp³-hybridized carbons (Fsp3) is 0.103. The molecule has 2 aromatic heterocycles. The Morgan fingerprint density at radius 2 is 1.92 bits per heavy atom. The summed E-state index contributed by atoms with van der Waals surface area (Å²) in [5.74, 6) is 1.22. The first-order valence-corrected chi connectivity index (χ1v) is 13.1. The van der Waals surface area contributed by atoms with Crippen LogP contribution in [-0.2, 0) is 4.79 Å². The quantitative estimate of drug-likeness (QED) is 0.300. The molecule has 0 unspecified atom stereocenters. The summed E-state index contributed by atoms with van der Waals surface area (Å²) < 4.78 is 14.6. The highest BCUT2D eigenvalue weighted by Crippen LogP contribution is 2.33. The molecule has 0 aliphatic carbocycles. The molecular weight excluding hydrogens is 512 g/mol. The maximum Gasteiger partial charge on any atom is 0.262 e. The van der Waals surface area contributed by atoms with Crippen molar-refractivity contribution in [2.75, 3.05) is 19.0 Å². The van der Waals surface area contributed by atoms with Crippen LogP contribution in [0.2, 0.25) is 0 Å². The molecule has 0 spiro atoms. The average molecular weight is 537 g/mol. The number of methoxy groups -OCH3 is 1. The van der Waals surface area contributed by atoms with Crippen molar-refractivity contribution in [1.29, 1.82) is 0 Å². The highest BCUT2D eigenvalue weighted by Gasteiger charge is 2.18. The van der Waals surface area contributed by atoms with Gasteiger partial charge in [-0.3, -0.25) is 4.79 Å². The van der Waals surface area contributed by atoms with E-state index in [4.69, 9.17) is 19.6 Å². The Morgan fingerprint density at radius 1 is 1.10 bits per heavy atom. The van der Waals surface area contributed by atoms with Crippen molar-refractivity contribution in [3.8, 4) is 28.4 Å². The van der Waals surface area contributed by atoms with Gasteiger partial charge in [-0.25, -0.2) is 14.7 Å². The van der Waals surface area contributed by atoms with Gasteiger partial charge in [0.1, 0.15) is 11.5 Å². The van der Waals surface area contributed by atoms with E-state index in [1.165, 1.54) is 11.3 Å². The molecule has 194 valence electrons. The minimum atomic E-state index is -0.180. The number of carbonyl (C=O) groups is 1. The van der Waals surface area contributed by atoms with Crippen molar-refractivity contribution in [2.45, 2.75) is 6.92 Å². The number of nitrogens with one attached hydrogen (secondary N) is 1. The molecule has 0 fully saturated rings. The molecule has 0 atom stereocenters. The molecule has 1 aliphatic rings. The summed E-state index contributed by atoms with van der Waals surface area (Å²) in [6.45, 7) is 1.98. The maximum absolute atomic E-state index is 11.9. The second kappa shape index (κ2) is 10.4. The first kappa shape index (κ1) is 24.4. The Hall–Kier alpha value is -4.96. The first-order chi connectivity index (χ1) is 19.1. The summed E-state index contributed by atoms with van der Waals surface area (Å²) in [4.78, 5) is 21.6. The van der Waals surface area contributed by atoms with Gasteiger partial charge in [0.15, 0.2) is 6.61 Å². The molecule has 3 aromatic carbocycles. The number of anilines is 1.